The first-order valence-electron chi connectivity index (χ1n) is 8.25. The van der Waals surface area contributed by atoms with E-state index < -0.39 is 0 Å². The molecule has 1 unspecified atom stereocenters. The lowest BCUT2D eigenvalue weighted by Gasteiger charge is -2.17. The molecule has 0 fully saturated rings. The summed E-state index contributed by atoms with van der Waals surface area (Å²) in [5.74, 6) is 0. The Bertz CT molecular complexity index is 337. The number of hydrogen-bond donors (Lipinski definition) is 1. The van der Waals surface area contributed by atoms with Crippen LogP contribution in [0.5, 0.6) is 0 Å². The largest absolute Gasteiger partial charge is 0.310 e. The van der Waals surface area contributed by atoms with Crippen molar-refractivity contribution in [2.75, 3.05) is 6.54 Å². The number of thiophene rings is 1. The van der Waals surface area contributed by atoms with Crippen molar-refractivity contribution >= 4 is 27.3 Å². The van der Waals surface area contributed by atoms with E-state index in [9.17, 15) is 0 Å². The van der Waals surface area contributed by atoms with E-state index >= 15 is 0 Å². The third-order valence-electron chi connectivity index (χ3n) is 3.73. The van der Waals surface area contributed by atoms with Crippen LogP contribution in [0.15, 0.2) is 15.2 Å². The second-order valence-corrected chi connectivity index (χ2v) is 7.89. The molecule has 0 bridgehead atoms. The number of nitrogens with one attached hydrogen (secondary N) is 1. The van der Waals surface area contributed by atoms with Crippen LogP contribution in [0.3, 0.4) is 0 Å². The van der Waals surface area contributed by atoms with Crippen molar-refractivity contribution < 1.29 is 0 Å². The lowest BCUT2D eigenvalue weighted by atomic mass is 10.0. The van der Waals surface area contributed by atoms with E-state index in [1.807, 2.05) is 0 Å². The highest BCUT2D eigenvalue weighted by atomic mass is 79.9. The van der Waals surface area contributed by atoms with Crippen LogP contribution in [0.1, 0.15) is 83.2 Å². The van der Waals surface area contributed by atoms with Crippen LogP contribution in [0, 0.1) is 0 Å². The predicted octanol–water partition coefficient (Wildman–Crippen LogP) is 6.69. The summed E-state index contributed by atoms with van der Waals surface area (Å²) in [6.07, 6.45) is 12.2. The van der Waals surface area contributed by atoms with Crippen molar-refractivity contribution in [3.63, 3.8) is 0 Å². The third kappa shape index (κ3) is 7.80. The summed E-state index contributed by atoms with van der Waals surface area (Å²) >= 11 is 5.37. The predicted molar refractivity (Wildman–Crippen MR) is 95.7 cm³/mol. The van der Waals surface area contributed by atoms with Crippen molar-refractivity contribution in [3.05, 3.63) is 20.8 Å². The highest BCUT2D eigenvalue weighted by Gasteiger charge is 2.11. The van der Waals surface area contributed by atoms with Gasteiger partial charge in [0.1, 0.15) is 0 Å². The van der Waals surface area contributed by atoms with Gasteiger partial charge in [0.15, 0.2) is 0 Å². The zero-order valence-electron chi connectivity index (χ0n) is 13.1. The normalized spacial score (nSPS) is 12.8. The third-order valence-corrected chi connectivity index (χ3v) is 5.25. The zero-order chi connectivity index (χ0) is 14.6. The van der Waals surface area contributed by atoms with Gasteiger partial charge < -0.3 is 5.32 Å². The Morgan fingerprint density at radius 3 is 2.35 bits per heavy atom. The molecule has 1 rings (SSSR count). The summed E-state index contributed by atoms with van der Waals surface area (Å²) in [5, 5.41) is 5.99. The number of unbranched alkanes of at least 4 members (excludes halogenated alkanes) is 6. The maximum absolute atomic E-state index is 3.70. The summed E-state index contributed by atoms with van der Waals surface area (Å²) in [6.45, 7) is 5.64. The Morgan fingerprint density at radius 2 is 1.75 bits per heavy atom. The van der Waals surface area contributed by atoms with Crippen LogP contribution in [0.2, 0.25) is 0 Å². The number of halogens is 1. The van der Waals surface area contributed by atoms with E-state index in [0.29, 0.717) is 6.04 Å². The quantitative estimate of drug-likeness (QED) is 0.409. The lowest BCUT2D eigenvalue weighted by Crippen LogP contribution is -2.21. The van der Waals surface area contributed by atoms with Gasteiger partial charge in [-0.05, 0) is 52.3 Å². The molecule has 0 spiro atoms. The van der Waals surface area contributed by atoms with Gasteiger partial charge in [-0.1, -0.05) is 58.8 Å². The average molecular weight is 360 g/mol. The highest BCUT2D eigenvalue weighted by Crippen LogP contribution is 2.28. The molecule has 0 aliphatic carbocycles. The minimum Gasteiger partial charge on any atom is -0.310 e. The molecule has 0 radical (unpaired) electrons. The van der Waals surface area contributed by atoms with Crippen LogP contribution in [-0.4, -0.2) is 6.54 Å². The summed E-state index contributed by atoms with van der Waals surface area (Å²) in [4.78, 5) is 0. The maximum Gasteiger partial charge on any atom is 0.0701 e. The molecule has 1 N–H and O–H groups in total. The molecule has 1 aromatic rings. The lowest BCUT2D eigenvalue weighted by molar-refractivity contribution is 0.466. The Hall–Kier alpha value is 0.140. The van der Waals surface area contributed by atoms with E-state index in [-0.39, 0.29) is 0 Å². The molecule has 0 saturated carbocycles. The minimum absolute atomic E-state index is 0.549. The second-order valence-electron chi connectivity index (χ2n) is 5.60. The van der Waals surface area contributed by atoms with Crippen LogP contribution >= 0.6 is 27.3 Å². The molecule has 116 valence electrons. The van der Waals surface area contributed by atoms with Gasteiger partial charge in [0, 0.05) is 6.04 Å². The van der Waals surface area contributed by atoms with Crippen molar-refractivity contribution in [2.45, 2.75) is 77.7 Å². The molecule has 0 amide bonds. The molecule has 1 nitrogen and oxygen atoms in total. The Morgan fingerprint density at radius 1 is 1.05 bits per heavy atom. The molecule has 1 heterocycles. The molecule has 3 heteroatoms. The SMILES string of the molecule is CCCCCCCCCC(NCCC)c1csc(Br)c1. The first kappa shape index (κ1) is 18.2. The van der Waals surface area contributed by atoms with Crippen LogP contribution < -0.4 is 5.32 Å². The fourth-order valence-corrected chi connectivity index (χ4v) is 3.75. The van der Waals surface area contributed by atoms with Gasteiger partial charge in [0.05, 0.1) is 3.79 Å². The van der Waals surface area contributed by atoms with E-state index in [1.165, 1.54) is 67.1 Å². The van der Waals surface area contributed by atoms with Gasteiger partial charge in [-0.3, -0.25) is 0 Å². The zero-order valence-corrected chi connectivity index (χ0v) is 15.5. The van der Waals surface area contributed by atoms with Crippen LogP contribution in [0.4, 0.5) is 0 Å². The van der Waals surface area contributed by atoms with Gasteiger partial charge >= 0.3 is 0 Å². The Balaban J connectivity index is 2.23. The fourth-order valence-electron chi connectivity index (χ4n) is 2.52. The molecular formula is C17H30BrNS. The van der Waals surface area contributed by atoms with E-state index in [1.54, 1.807) is 11.3 Å². The van der Waals surface area contributed by atoms with Crippen molar-refractivity contribution in [1.82, 2.24) is 5.32 Å². The van der Waals surface area contributed by atoms with Crippen LogP contribution in [-0.2, 0) is 0 Å². The first-order chi connectivity index (χ1) is 9.77. The second kappa shape index (κ2) is 11.8. The molecule has 0 aliphatic rings. The number of rotatable bonds is 12. The van der Waals surface area contributed by atoms with E-state index in [2.05, 4.69) is 46.5 Å². The van der Waals surface area contributed by atoms with Crippen molar-refractivity contribution in [1.29, 1.82) is 0 Å². The van der Waals surface area contributed by atoms with Crippen LogP contribution in [0.25, 0.3) is 0 Å². The molecule has 1 aromatic heterocycles. The summed E-state index contributed by atoms with van der Waals surface area (Å²) < 4.78 is 1.25. The van der Waals surface area contributed by atoms with E-state index in [0.717, 1.165) is 6.54 Å². The van der Waals surface area contributed by atoms with E-state index in [4.69, 9.17) is 0 Å². The van der Waals surface area contributed by atoms with Gasteiger partial charge in [0.2, 0.25) is 0 Å². The maximum atomic E-state index is 3.70. The molecule has 0 aromatic carbocycles. The van der Waals surface area contributed by atoms with Gasteiger partial charge in [-0.2, -0.15) is 0 Å². The van der Waals surface area contributed by atoms with Crippen molar-refractivity contribution in [3.8, 4) is 0 Å². The highest BCUT2D eigenvalue weighted by molar-refractivity contribution is 9.11. The molecule has 0 aliphatic heterocycles. The topological polar surface area (TPSA) is 12.0 Å². The summed E-state index contributed by atoms with van der Waals surface area (Å²) in [5.41, 5.74) is 1.46. The number of hydrogen-bond acceptors (Lipinski definition) is 2. The molecule has 20 heavy (non-hydrogen) atoms. The van der Waals surface area contributed by atoms with Gasteiger partial charge in [0.25, 0.3) is 0 Å². The molecular weight excluding hydrogens is 330 g/mol. The summed E-state index contributed by atoms with van der Waals surface area (Å²) in [7, 11) is 0. The standard InChI is InChI=1S/C17H30BrNS/c1-3-5-6-7-8-9-10-11-16(19-12-4-2)15-13-17(18)20-14-15/h13-14,16,19H,3-12H2,1-2H3. The molecule has 0 saturated heterocycles. The fraction of sp³-hybridized carbons (Fsp3) is 0.765. The molecule has 1 atom stereocenters. The Labute approximate surface area is 137 Å². The Kier molecular flexibility index (Phi) is 10.7. The average Bonchev–Trinajstić information content (AvgIpc) is 2.87. The minimum atomic E-state index is 0.549. The van der Waals surface area contributed by atoms with Crippen molar-refractivity contribution in [2.24, 2.45) is 0 Å². The first-order valence-corrected chi connectivity index (χ1v) is 9.92. The van der Waals surface area contributed by atoms with Gasteiger partial charge in [-0.25, -0.2) is 0 Å². The summed E-state index contributed by atoms with van der Waals surface area (Å²) in [6, 6.07) is 2.83. The monoisotopic (exact) mass is 359 g/mol. The van der Waals surface area contributed by atoms with Gasteiger partial charge in [-0.15, -0.1) is 11.3 Å². The smallest absolute Gasteiger partial charge is 0.0701 e.